The standard InChI is InChI=1S/C24H23ClN4O4S/c1-13-12-14(2)27-23(26-13)29-21(30)19-17(25)10-11-18(20(19)22(29)31)28-34(32,33)16-8-6-15(7-9-16)24(3,4)5/h6-12,28H,1-5H3. The van der Waals surface area contributed by atoms with E-state index in [1.807, 2.05) is 20.8 Å². The van der Waals surface area contributed by atoms with Crippen LogP contribution in [-0.2, 0) is 15.4 Å². The van der Waals surface area contributed by atoms with Crippen LogP contribution in [0, 0.1) is 13.8 Å². The molecule has 1 N–H and O–H groups in total. The lowest BCUT2D eigenvalue weighted by molar-refractivity contribution is 0.0924. The lowest BCUT2D eigenvalue weighted by Crippen LogP contribution is -2.31. The van der Waals surface area contributed by atoms with Crippen molar-refractivity contribution in [3.8, 4) is 0 Å². The van der Waals surface area contributed by atoms with Gasteiger partial charge in [0.1, 0.15) is 0 Å². The average Bonchev–Trinajstić information content (AvgIpc) is 3.00. The first-order valence-electron chi connectivity index (χ1n) is 10.5. The molecule has 0 radical (unpaired) electrons. The molecule has 176 valence electrons. The normalized spacial score (nSPS) is 13.9. The number of carbonyl (C=O) groups excluding carboxylic acids is 2. The Hall–Kier alpha value is -3.30. The van der Waals surface area contributed by atoms with Crippen LogP contribution in [0.15, 0.2) is 47.4 Å². The molecule has 34 heavy (non-hydrogen) atoms. The highest BCUT2D eigenvalue weighted by atomic mass is 35.5. The predicted molar refractivity (Wildman–Crippen MR) is 130 cm³/mol. The number of amides is 2. The van der Waals surface area contributed by atoms with Gasteiger partial charge in [0.25, 0.3) is 21.8 Å². The molecule has 0 bridgehead atoms. The van der Waals surface area contributed by atoms with Crippen molar-refractivity contribution in [3.63, 3.8) is 0 Å². The topological polar surface area (TPSA) is 109 Å². The highest BCUT2D eigenvalue weighted by Crippen LogP contribution is 2.37. The summed E-state index contributed by atoms with van der Waals surface area (Å²) in [4.78, 5) is 35.7. The maximum Gasteiger partial charge on any atom is 0.270 e. The van der Waals surface area contributed by atoms with Crippen LogP contribution in [0.1, 0.15) is 58.4 Å². The van der Waals surface area contributed by atoms with E-state index >= 15 is 0 Å². The summed E-state index contributed by atoms with van der Waals surface area (Å²) in [6, 6.07) is 10.9. The molecule has 1 aliphatic rings. The summed E-state index contributed by atoms with van der Waals surface area (Å²) in [6.07, 6.45) is 0. The fraction of sp³-hybridized carbons (Fsp3) is 0.250. The van der Waals surface area contributed by atoms with Gasteiger partial charge in [-0.15, -0.1) is 0 Å². The maximum atomic E-state index is 13.3. The molecule has 0 spiro atoms. The zero-order valence-electron chi connectivity index (χ0n) is 19.3. The summed E-state index contributed by atoms with van der Waals surface area (Å²) in [7, 11) is -4.05. The first kappa shape index (κ1) is 23.8. The molecule has 0 unspecified atom stereocenters. The zero-order valence-corrected chi connectivity index (χ0v) is 20.9. The number of sulfonamides is 1. The second kappa shape index (κ2) is 8.18. The van der Waals surface area contributed by atoms with E-state index in [-0.39, 0.29) is 38.1 Å². The van der Waals surface area contributed by atoms with Crippen molar-refractivity contribution in [2.24, 2.45) is 0 Å². The molecule has 0 saturated heterocycles. The Balaban J connectivity index is 1.75. The number of carbonyl (C=O) groups is 2. The summed E-state index contributed by atoms with van der Waals surface area (Å²) < 4.78 is 28.6. The van der Waals surface area contributed by atoms with Gasteiger partial charge in [-0.3, -0.25) is 14.3 Å². The third-order valence-corrected chi connectivity index (χ3v) is 7.13. The molecule has 1 aromatic heterocycles. The Morgan fingerprint density at radius 3 is 2.00 bits per heavy atom. The molecular weight excluding hydrogens is 476 g/mol. The van der Waals surface area contributed by atoms with Gasteiger partial charge < -0.3 is 0 Å². The zero-order chi connectivity index (χ0) is 25.0. The Morgan fingerprint density at radius 2 is 1.44 bits per heavy atom. The van der Waals surface area contributed by atoms with Gasteiger partial charge in [0, 0.05) is 11.4 Å². The minimum atomic E-state index is -4.05. The molecule has 0 saturated carbocycles. The minimum absolute atomic E-state index is 0.0236. The summed E-state index contributed by atoms with van der Waals surface area (Å²) in [5.41, 5.74) is 1.69. The number of aromatic nitrogens is 2. The molecular formula is C24H23ClN4O4S. The van der Waals surface area contributed by atoms with Crippen LogP contribution in [-0.4, -0.2) is 30.2 Å². The second-order valence-corrected chi connectivity index (χ2v) is 11.2. The van der Waals surface area contributed by atoms with E-state index in [0.717, 1.165) is 10.5 Å². The lowest BCUT2D eigenvalue weighted by atomic mass is 9.87. The number of nitrogens with one attached hydrogen (secondary N) is 1. The van der Waals surface area contributed by atoms with Crippen molar-refractivity contribution >= 4 is 45.1 Å². The first-order chi connectivity index (χ1) is 15.8. The number of fused-ring (bicyclic) bond motifs is 1. The Kier molecular flexibility index (Phi) is 5.73. The molecule has 1 aliphatic heterocycles. The Labute approximate surface area is 203 Å². The number of benzene rings is 2. The summed E-state index contributed by atoms with van der Waals surface area (Å²) in [5, 5.41) is 0.0257. The largest absolute Gasteiger partial charge is 0.279 e. The fourth-order valence-electron chi connectivity index (χ4n) is 3.74. The Morgan fingerprint density at radius 1 is 0.882 bits per heavy atom. The smallest absolute Gasteiger partial charge is 0.270 e. The third-order valence-electron chi connectivity index (χ3n) is 5.43. The number of rotatable bonds is 4. The van der Waals surface area contributed by atoms with Crippen molar-refractivity contribution in [1.82, 2.24) is 9.97 Å². The summed E-state index contributed by atoms with van der Waals surface area (Å²) in [6.45, 7) is 9.51. The van der Waals surface area contributed by atoms with Gasteiger partial charge in [-0.1, -0.05) is 44.5 Å². The molecule has 2 aromatic carbocycles. The number of hydrogen-bond donors (Lipinski definition) is 1. The van der Waals surface area contributed by atoms with Crippen molar-refractivity contribution < 1.29 is 18.0 Å². The van der Waals surface area contributed by atoms with Crippen molar-refractivity contribution in [2.45, 2.75) is 44.9 Å². The number of anilines is 2. The molecule has 2 amide bonds. The van der Waals surface area contributed by atoms with Crippen LogP contribution in [0.3, 0.4) is 0 Å². The minimum Gasteiger partial charge on any atom is -0.279 e. The quantitative estimate of drug-likeness (QED) is 0.524. The van der Waals surface area contributed by atoms with E-state index in [9.17, 15) is 18.0 Å². The van der Waals surface area contributed by atoms with Crippen LogP contribution < -0.4 is 9.62 Å². The van der Waals surface area contributed by atoms with E-state index in [0.29, 0.717) is 11.4 Å². The molecule has 0 atom stereocenters. The lowest BCUT2D eigenvalue weighted by Gasteiger charge is -2.19. The second-order valence-electron chi connectivity index (χ2n) is 9.12. The van der Waals surface area contributed by atoms with Crippen molar-refractivity contribution in [2.75, 3.05) is 9.62 Å². The van der Waals surface area contributed by atoms with E-state index in [1.165, 1.54) is 24.3 Å². The molecule has 0 fully saturated rings. The number of halogens is 1. The maximum absolute atomic E-state index is 13.3. The van der Waals surface area contributed by atoms with Crippen LogP contribution >= 0.6 is 11.6 Å². The van der Waals surface area contributed by atoms with Gasteiger partial charge in [0.2, 0.25) is 5.95 Å². The molecule has 3 aromatic rings. The van der Waals surface area contributed by atoms with Gasteiger partial charge in [-0.25, -0.2) is 23.3 Å². The summed E-state index contributed by atoms with van der Waals surface area (Å²) in [5.74, 6) is -1.56. The first-order valence-corrected chi connectivity index (χ1v) is 12.3. The van der Waals surface area contributed by atoms with Gasteiger partial charge in [0.05, 0.1) is 26.7 Å². The average molecular weight is 499 g/mol. The third kappa shape index (κ3) is 4.17. The van der Waals surface area contributed by atoms with Crippen LogP contribution in [0.4, 0.5) is 11.6 Å². The van der Waals surface area contributed by atoms with E-state index in [4.69, 9.17) is 11.6 Å². The molecule has 8 nitrogen and oxygen atoms in total. The highest BCUT2D eigenvalue weighted by molar-refractivity contribution is 7.92. The van der Waals surface area contributed by atoms with Crippen LogP contribution in [0.2, 0.25) is 5.02 Å². The monoisotopic (exact) mass is 498 g/mol. The highest BCUT2D eigenvalue weighted by Gasteiger charge is 2.42. The van der Waals surface area contributed by atoms with Crippen molar-refractivity contribution in [1.29, 1.82) is 0 Å². The molecule has 10 heteroatoms. The van der Waals surface area contributed by atoms with Crippen LogP contribution in [0.25, 0.3) is 0 Å². The van der Waals surface area contributed by atoms with Crippen molar-refractivity contribution in [3.05, 3.63) is 75.6 Å². The van der Waals surface area contributed by atoms with Gasteiger partial charge in [-0.05, 0) is 55.2 Å². The Bertz CT molecular complexity index is 1420. The number of hydrogen-bond acceptors (Lipinski definition) is 6. The predicted octanol–water partition coefficient (Wildman–Crippen LogP) is 4.65. The van der Waals surface area contributed by atoms with Gasteiger partial charge >= 0.3 is 0 Å². The van der Waals surface area contributed by atoms with E-state index < -0.39 is 21.8 Å². The SMILES string of the molecule is Cc1cc(C)nc(N2C(=O)c3c(Cl)ccc(NS(=O)(=O)c4ccc(C(C)(C)C)cc4)c3C2=O)n1. The van der Waals surface area contributed by atoms with Gasteiger partial charge in [-0.2, -0.15) is 0 Å². The van der Waals surface area contributed by atoms with Crippen LogP contribution in [0.5, 0.6) is 0 Å². The number of aryl methyl sites for hydroxylation is 2. The number of imide groups is 1. The fourth-order valence-corrected chi connectivity index (χ4v) is 5.05. The molecule has 0 aliphatic carbocycles. The summed E-state index contributed by atoms with van der Waals surface area (Å²) >= 11 is 6.25. The molecule has 2 heterocycles. The van der Waals surface area contributed by atoms with E-state index in [2.05, 4.69) is 14.7 Å². The number of nitrogens with zero attached hydrogens (tertiary/aromatic N) is 3. The van der Waals surface area contributed by atoms with E-state index in [1.54, 1.807) is 32.0 Å². The molecule has 4 rings (SSSR count). The van der Waals surface area contributed by atoms with Gasteiger partial charge in [0.15, 0.2) is 0 Å².